The third-order valence-electron chi connectivity index (χ3n) is 2.34. The first-order valence-electron chi connectivity index (χ1n) is 6.56. The molecule has 0 fully saturated rings. The molecule has 20 heavy (non-hydrogen) atoms. The maximum atomic E-state index is 5.55. The number of hydrogen-bond acceptors (Lipinski definition) is 7. The monoisotopic (exact) mass is 277 g/mol. The van der Waals surface area contributed by atoms with Crippen LogP contribution in [-0.2, 0) is 0 Å². The van der Waals surface area contributed by atoms with E-state index in [9.17, 15) is 0 Å². The van der Waals surface area contributed by atoms with Crippen molar-refractivity contribution in [2.75, 3.05) is 11.9 Å². The minimum absolute atomic E-state index is 0.0155. The zero-order valence-corrected chi connectivity index (χ0v) is 12.4. The molecule has 2 rings (SSSR count). The Morgan fingerprint density at radius 2 is 1.90 bits per heavy atom. The van der Waals surface area contributed by atoms with Gasteiger partial charge in [-0.1, -0.05) is 0 Å². The molecule has 0 aliphatic rings. The average Bonchev–Trinajstić information content (AvgIpc) is 2.67. The van der Waals surface area contributed by atoms with Gasteiger partial charge in [-0.05, 0) is 34.6 Å². The number of anilines is 1. The first-order chi connectivity index (χ1) is 9.49. The number of ether oxygens (including phenoxy) is 1. The first kappa shape index (κ1) is 14.2. The highest BCUT2D eigenvalue weighted by Crippen LogP contribution is 2.13. The van der Waals surface area contributed by atoms with E-state index in [0.29, 0.717) is 30.1 Å². The van der Waals surface area contributed by atoms with E-state index in [0.717, 1.165) is 0 Å². The Bertz CT molecular complexity index is 593. The molecule has 2 aromatic heterocycles. The van der Waals surface area contributed by atoms with Gasteiger partial charge in [0.15, 0.2) is 0 Å². The van der Waals surface area contributed by atoms with E-state index < -0.39 is 0 Å². The lowest BCUT2D eigenvalue weighted by molar-refractivity contribution is 0.221. The van der Waals surface area contributed by atoms with Crippen LogP contribution in [0.3, 0.4) is 0 Å². The summed E-state index contributed by atoms with van der Waals surface area (Å²) < 4.78 is 7.12. The molecule has 108 valence electrons. The van der Waals surface area contributed by atoms with Gasteiger partial charge in [0.2, 0.25) is 5.95 Å². The Hall–Kier alpha value is -2.25. The quantitative estimate of drug-likeness (QED) is 0.880. The molecule has 0 bridgehead atoms. The van der Waals surface area contributed by atoms with Gasteiger partial charge in [-0.2, -0.15) is 19.6 Å². The Morgan fingerprint density at radius 1 is 1.15 bits per heavy atom. The minimum atomic E-state index is -0.0155. The van der Waals surface area contributed by atoms with Crippen LogP contribution < -0.4 is 10.1 Å². The molecule has 0 saturated carbocycles. The molecular weight excluding hydrogens is 258 g/mol. The highest BCUT2D eigenvalue weighted by atomic mass is 16.5. The van der Waals surface area contributed by atoms with Crippen LogP contribution in [0.5, 0.6) is 6.01 Å². The molecule has 0 radical (unpaired) electrons. The normalized spacial score (nSPS) is 10.9. The molecule has 0 amide bonds. The summed E-state index contributed by atoms with van der Waals surface area (Å²) in [6, 6.07) is 0.272. The van der Waals surface area contributed by atoms with Gasteiger partial charge in [0.1, 0.15) is 11.6 Å². The smallest absolute Gasteiger partial charge is 0.323 e. The summed E-state index contributed by atoms with van der Waals surface area (Å²) in [6.45, 7) is 10.2. The lowest BCUT2D eigenvalue weighted by atomic mass is 10.5. The average molecular weight is 277 g/mol. The molecule has 2 heterocycles. The number of nitrogens with zero attached hydrogens (tertiary/aromatic N) is 6. The highest BCUT2D eigenvalue weighted by Gasteiger charge is 2.13. The summed E-state index contributed by atoms with van der Waals surface area (Å²) in [7, 11) is 0. The zero-order chi connectivity index (χ0) is 14.7. The topological polar surface area (TPSA) is 90.6 Å². The van der Waals surface area contributed by atoms with Crippen molar-refractivity contribution in [2.45, 2.75) is 40.7 Å². The molecule has 0 spiro atoms. The lowest BCUT2D eigenvalue weighted by Gasteiger charge is -2.10. The van der Waals surface area contributed by atoms with E-state index >= 15 is 0 Å². The Labute approximate surface area is 117 Å². The van der Waals surface area contributed by atoms with Gasteiger partial charge in [0, 0.05) is 6.54 Å². The maximum Gasteiger partial charge on any atom is 0.323 e. The fourth-order valence-electron chi connectivity index (χ4n) is 1.65. The second-order valence-electron chi connectivity index (χ2n) is 4.56. The van der Waals surface area contributed by atoms with E-state index in [1.165, 1.54) is 0 Å². The van der Waals surface area contributed by atoms with E-state index in [-0.39, 0.29) is 12.1 Å². The van der Waals surface area contributed by atoms with Gasteiger partial charge in [-0.15, -0.1) is 5.10 Å². The second-order valence-corrected chi connectivity index (χ2v) is 4.56. The summed E-state index contributed by atoms with van der Waals surface area (Å²) in [5.74, 6) is 2.23. The van der Waals surface area contributed by atoms with Gasteiger partial charge >= 0.3 is 6.01 Å². The highest BCUT2D eigenvalue weighted by molar-refractivity contribution is 5.30. The number of aromatic nitrogens is 6. The van der Waals surface area contributed by atoms with Crippen molar-refractivity contribution < 1.29 is 4.74 Å². The number of hydrogen-bond donors (Lipinski definition) is 1. The van der Waals surface area contributed by atoms with Gasteiger partial charge in [0.05, 0.1) is 6.10 Å². The SMILES string of the molecule is CCNc1nc(OC(C)C)nc(-n2nc(C)nc2C)n1. The van der Waals surface area contributed by atoms with Crippen molar-refractivity contribution in [3.63, 3.8) is 0 Å². The predicted molar refractivity (Wildman–Crippen MR) is 74.1 cm³/mol. The second kappa shape index (κ2) is 5.81. The van der Waals surface area contributed by atoms with Crippen molar-refractivity contribution in [1.82, 2.24) is 29.7 Å². The minimum Gasteiger partial charge on any atom is -0.461 e. The molecule has 0 atom stereocenters. The summed E-state index contributed by atoms with van der Waals surface area (Å²) in [5.41, 5.74) is 0. The molecule has 0 unspecified atom stereocenters. The van der Waals surface area contributed by atoms with Crippen LogP contribution >= 0.6 is 0 Å². The van der Waals surface area contributed by atoms with Crippen LogP contribution in [-0.4, -0.2) is 42.4 Å². The van der Waals surface area contributed by atoms with E-state index in [1.807, 2.05) is 34.6 Å². The van der Waals surface area contributed by atoms with Crippen LogP contribution in [0.15, 0.2) is 0 Å². The largest absolute Gasteiger partial charge is 0.461 e. The first-order valence-corrected chi connectivity index (χ1v) is 6.56. The molecule has 8 nitrogen and oxygen atoms in total. The number of nitrogens with one attached hydrogen (secondary N) is 1. The summed E-state index contributed by atoms with van der Waals surface area (Å²) in [4.78, 5) is 17.1. The fourth-order valence-corrected chi connectivity index (χ4v) is 1.65. The molecule has 8 heteroatoms. The van der Waals surface area contributed by atoms with E-state index in [2.05, 4.69) is 30.4 Å². The van der Waals surface area contributed by atoms with E-state index in [4.69, 9.17) is 4.74 Å². The number of rotatable bonds is 5. The summed E-state index contributed by atoms with van der Waals surface area (Å²) in [5, 5.41) is 7.33. The zero-order valence-electron chi connectivity index (χ0n) is 12.4. The standard InChI is InChI=1S/C12H19N7O/c1-6-13-10-15-11(17-12(16-10)20-7(2)3)19-9(5)14-8(4)18-19/h7H,6H2,1-5H3,(H,13,15,16,17). The fraction of sp³-hybridized carbons (Fsp3) is 0.583. The van der Waals surface area contributed by atoms with Crippen molar-refractivity contribution in [1.29, 1.82) is 0 Å². The van der Waals surface area contributed by atoms with Crippen molar-refractivity contribution >= 4 is 5.95 Å². The summed E-state index contributed by atoms with van der Waals surface area (Å²) in [6.07, 6.45) is -0.0155. The Balaban J connectivity index is 2.45. The molecule has 2 aromatic rings. The van der Waals surface area contributed by atoms with Crippen LogP contribution in [0.1, 0.15) is 32.4 Å². The third kappa shape index (κ3) is 3.19. The van der Waals surface area contributed by atoms with Crippen molar-refractivity contribution in [3.8, 4) is 12.0 Å². The molecule has 1 N–H and O–H groups in total. The van der Waals surface area contributed by atoms with Gasteiger partial charge in [0.25, 0.3) is 5.95 Å². The van der Waals surface area contributed by atoms with Gasteiger partial charge in [-0.25, -0.2) is 4.98 Å². The predicted octanol–water partition coefficient (Wildman–Crippen LogP) is 1.29. The van der Waals surface area contributed by atoms with Gasteiger partial charge < -0.3 is 10.1 Å². The Morgan fingerprint density at radius 3 is 2.45 bits per heavy atom. The van der Waals surface area contributed by atoms with E-state index in [1.54, 1.807) is 4.68 Å². The molecular formula is C12H19N7O. The van der Waals surface area contributed by atoms with Crippen LogP contribution in [0.4, 0.5) is 5.95 Å². The maximum absolute atomic E-state index is 5.55. The Kier molecular flexibility index (Phi) is 4.11. The molecule has 0 saturated heterocycles. The number of aryl methyl sites for hydroxylation is 2. The summed E-state index contributed by atoms with van der Waals surface area (Å²) >= 11 is 0. The molecule has 0 aliphatic carbocycles. The van der Waals surface area contributed by atoms with Crippen molar-refractivity contribution in [3.05, 3.63) is 11.6 Å². The molecule has 0 aliphatic heterocycles. The molecule has 0 aromatic carbocycles. The third-order valence-corrected chi connectivity index (χ3v) is 2.34. The van der Waals surface area contributed by atoms with Crippen LogP contribution in [0.2, 0.25) is 0 Å². The van der Waals surface area contributed by atoms with Crippen molar-refractivity contribution in [2.24, 2.45) is 0 Å². The van der Waals surface area contributed by atoms with Gasteiger partial charge in [-0.3, -0.25) is 0 Å². The lowest BCUT2D eigenvalue weighted by Crippen LogP contribution is -2.15. The van der Waals surface area contributed by atoms with Crippen LogP contribution in [0.25, 0.3) is 5.95 Å². The van der Waals surface area contributed by atoms with Crippen LogP contribution in [0, 0.1) is 13.8 Å².